The third kappa shape index (κ3) is 6.07. The summed E-state index contributed by atoms with van der Waals surface area (Å²) in [5.41, 5.74) is 6.13. The lowest BCUT2D eigenvalue weighted by atomic mass is 9.89. The standard InChI is InChI=1S/C23H27N3O4/c24-21(27)16-6-10-19(11-7-16)30-20-12-8-18(9-13-20)23(29)26-15-14-25-22(28)17-4-2-1-3-5-17/h6-13,17H,1-5,14-15H2,(H2,24,27)(H,25,28)(H,26,29). The molecule has 1 aliphatic carbocycles. The second-order valence-corrected chi connectivity index (χ2v) is 7.40. The molecule has 3 rings (SSSR count). The maximum Gasteiger partial charge on any atom is 0.251 e. The van der Waals surface area contributed by atoms with Gasteiger partial charge in [-0.15, -0.1) is 0 Å². The Morgan fingerprint density at radius 2 is 1.33 bits per heavy atom. The Bertz CT molecular complexity index is 872. The fourth-order valence-corrected chi connectivity index (χ4v) is 3.47. The van der Waals surface area contributed by atoms with Crippen LogP contribution in [0.15, 0.2) is 48.5 Å². The van der Waals surface area contributed by atoms with Gasteiger partial charge in [0.25, 0.3) is 5.91 Å². The quantitative estimate of drug-likeness (QED) is 0.582. The molecular formula is C23H27N3O4. The van der Waals surface area contributed by atoms with Gasteiger partial charge in [0.2, 0.25) is 11.8 Å². The SMILES string of the molecule is NC(=O)c1ccc(Oc2ccc(C(=O)NCCNC(=O)C3CCCCC3)cc2)cc1. The lowest BCUT2D eigenvalue weighted by Crippen LogP contribution is -2.38. The van der Waals surface area contributed by atoms with E-state index in [1.165, 1.54) is 6.42 Å². The normalized spacial score (nSPS) is 14.0. The van der Waals surface area contributed by atoms with Crippen LogP contribution in [-0.2, 0) is 4.79 Å². The topological polar surface area (TPSA) is 111 Å². The number of ether oxygens (including phenoxy) is 1. The van der Waals surface area contributed by atoms with Crippen LogP contribution in [0.1, 0.15) is 52.8 Å². The fourth-order valence-electron chi connectivity index (χ4n) is 3.47. The molecule has 2 aromatic carbocycles. The second-order valence-electron chi connectivity index (χ2n) is 7.40. The highest BCUT2D eigenvalue weighted by molar-refractivity contribution is 5.94. The molecule has 0 bridgehead atoms. The smallest absolute Gasteiger partial charge is 0.251 e. The van der Waals surface area contributed by atoms with Crippen molar-refractivity contribution < 1.29 is 19.1 Å². The molecule has 158 valence electrons. The van der Waals surface area contributed by atoms with Crippen LogP contribution in [0, 0.1) is 5.92 Å². The Balaban J connectivity index is 1.42. The zero-order valence-electron chi connectivity index (χ0n) is 16.9. The summed E-state index contributed by atoms with van der Waals surface area (Å²) in [5, 5.41) is 5.71. The van der Waals surface area contributed by atoms with Crippen molar-refractivity contribution in [1.82, 2.24) is 10.6 Å². The number of nitrogens with two attached hydrogens (primary N) is 1. The molecule has 0 atom stereocenters. The first-order valence-electron chi connectivity index (χ1n) is 10.3. The summed E-state index contributed by atoms with van der Waals surface area (Å²) in [6, 6.07) is 13.2. The Morgan fingerprint density at radius 3 is 1.90 bits per heavy atom. The van der Waals surface area contributed by atoms with E-state index >= 15 is 0 Å². The van der Waals surface area contributed by atoms with Gasteiger partial charge in [-0.2, -0.15) is 0 Å². The summed E-state index contributed by atoms with van der Waals surface area (Å²) in [4.78, 5) is 35.4. The molecule has 1 saturated carbocycles. The van der Waals surface area contributed by atoms with Crippen molar-refractivity contribution in [3.63, 3.8) is 0 Å². The number of benzene rings is 2. The number of primary amides is 1. The molecule has 1 fully saturated rings. The summed E-state index contributed by atoms with van der Waals surface area (Å²) in [6.07, 6.45) is 5.37. The summed E-state index contributed by atoms with van der Waals surface area (Å²) >= 11 is 0. The maximum absolute atomic E-state index is 12.3. The Labute approximate surface area is 176 Å². The number of nitrogens with one attached hydrogen (secondary N) is 2. The van der Waals surface area contributed by atoms with Crippen LogP contribution in [-0.4, -0.2) is 30.8 Å². The van der Waals surface area contributed by atoms with Crippen molar-refractivity contribution in [3.8, 4) is 11.5 Å². The molecule has 0 heterocycles. The van der Waals surface area contributed by atoms with Gasteiger partial charge < -0.3 is 21.1 Å². The molecule has 0 spiro atoms. The van der Waals surface area contributed by atoms with Crippen LogP contribution in [0.2, 0.25) is 0 Å². The molecule has 0 saturated heterocycles. The predicted molar refractivity (Wildman–Crippen MR) is 113 cm³/mol. The Morgan fingerprint density at radius 1 is 0.800 bits per heavy atom. The van der Waals surface area contributed by atoms with Gasteiger partial charge in [0.05, 0.1) is 0 Å². The van der Waals surface area contributed by atoms with Gasteiger partial charge in [0.1, 0.15) is 11.5 Å². The molecule has 0 radical (unpaired) electrons. The monoisotopic (exact) mass is 409 g/mol. The fraction of sp³-hybridized carbons (Fsp3) is 0.348. The number of hydrogen-bond acceptors (Lipinski definition) is 4. The van der Waals surface area contributed by atoms with Crippen molar-refractivity contribution in [3.05, 3.63) is 59.7 Å². The molecule has 0 aromatic heterocycles. The minimum absolute atomic E-state index is 0.0920. The van der Waals surface area contributed by atoms with Crippen LogP contribution < -0.4 is 21.1 Å². The van der Waals surface area contributed by atoms with Gasteiger partial charge in [-0.1, -0.05) is 19.3 Å². The molecule has 0 aliphatic heterocycles. The van der Waals surface area contributed by atoms with E-state index in [-0.39, 0.29) is 17.7 Å². The van der Waals surface area contributed by atoms with E-state index in [0.29, 0.717) is 35.7 Å². The van der Waals surface area contributed by atoms with Gasteiger partial charge in [0.15, 0.2) is 0 Å². The van der Waals surface area contributed by atoms with Crippen molar-refractivity contribution in [2.24, 2.45) is 11.7 Å². The van der Waals surface area contributed by atoms with Crippen LogP contribution in [0.25, 0.3) is 0 Å². The second kappa shape index (κ2) is 10.4. The first-order chi connectivity index (χ1) is 14.5. The maximum atomic E-state index is 12.3. The van der Waals surface area contributed by atoms with Crippen molar-refractivity contribution >= 4 is 17.7 Å². The largest absolute Gasteiger partial charge is 0.457 e. The Hall–Kier alpha value is -3.35. The average Bonchev–Trinajstić information content (AvgIpc) is 2.78. The molecule has 7 nitrogen and oxygen atoms in total. The van der Waals surface area contributed by atoms with E-state index in [1.54, 1.807) is 48.5 Å². The van der Waals surface area contributed by atoms with Crippen LogP contribution >= 0.6 is 0 Å². The highest BCUT2D eigenvalue weighted by Crippen LogP contribution is 2.24. The third-order valence-corrected chi connectivity index (χ3v) is 5.18. The molecule has 7 heteroatoms. The number of amides is 3. The molecule has 4 N–H and O–H groups in total. The third-order valence-electron chi connectivity index (χ3n) is 5.18. The Kier molecular flexibility index (Phi) is 7.43. The van der Waals surface area contributed by atoms with Crippen molar-refractivity contribution in [2.75, 3.05) is 13.1 Å². The van der Waals surface area contributed by atoms with Crippen molar-refractivity contribution in [1.29, 1.82) is 0 Å². The molecule has 2 aromatic rings. The van der Waals surface area contributed by atoms with E-state index in [0.717, 1.165) is 25.7 Å². The van der Waals surface area contributed by atoms with E-state index in [2.05, 4.69) is 10.6 Å². The van der Waals surface area contributed by atoms with E-state index in [4.69, 9.17) is 10.5 Å². The molecule has 0 unspecified atom stereocenters. The summed E-state index contributed by atoms with van der Waals surface area (Å²) in [7, 11) is 0. The van der Waals surface area contributed by atoms with Gasteiger partial charge in [-0.25, -0.2) is 0 Å². The number of carbonyl (C=O) groups excluding carboxylic acids is 3. The average molecular weight is 409 g/mol. The predicted octanol–water partition coefficient (Wildman–Crippen LogP) is 3.00. The van der Waals surface area contributed by atoms with E-state index < -0.39 is 5.91 Å². The van der Waals surface area contributed by atoms with Crippen molar-refractivity contribution in [2.45, 2.75) is 32.1 Å². The summed E-state index contributed by atoms with van der Waals surface area (Å²) < 4.78 is 5.70. The number of carbonyl (C=O) groups is 3. The molecular weight excluding hydrogens is 382 g/mol. The van der Waals surface area contributed by atoms with Gasteiger partial charge >= 0.3 is 0 Å². The summed E-state index contributed by atoms with van der Waals surface area (Å²) in [5.74, 6) is 0.636. The highest BCUT2D eigenvalue weighted by atomic mass is 16.5. The van der Waals surface area contributed by atoms with E-state index in [9.17, 15) is 14.4 Å². The molecule has 1 aliphatic rings. The number of rotatable bonds is 8. The van der Waals surface area contributed by atoms with E-state index in [1.807, 2.05) is 0 Å². The van der Waals surface area contributed by atoms with Gasteiger partial charge in [-0.3, -0.25) is 14.4 Å². The van der Waals surface area contributed by atoms with Gasteiger partial charge in [-0.05, 0) is 61.4 Å². The lowest BCUT2D eigenvalue weighted by molar-refractivity contribution is -0.125. The lowest BCUT2D eigenvalue weighted by Gasteiger charge is -2.20. The zero-order valence-corrected chi connectivity index (χ0v) is 16.9. The summed E-state index contributed by atoms with van der Waals surface area (Å²) in [6.45, 7) is 0.797. The molecule has 30 heavy (non-hydrogen) atoms. The molecule has 3 amide bonds. The zero-order chi connectivity index (χ0) is 21.3. The number of hydrogen-bond donors (Lipinski definition) is 3. The highest BCUT2D eigenvalue weighted by Gasteiger charge is 2.20. The minimum atomic E-state index is -0.495. The minimum Gasteiger partial charge on any atom is -0.457 e. The van der Waals surface area contributed by atoms with Crippen LogP contribution in [0.3, 0.4) is 0 Å². The first kappa shape index (κ1) is 21.4. The van der Waals surface area contributed by atoms with Crippen LogP contribution in [0.4, 0.5) is 0 Å². The van der Waals surface area contributed by atoms with Gasteiger partial charge in [0, 0.05) is 30.1 Å². The van der Waals surface area contributed by atoms with Crippen LogP contribution in [0.5, 0.6) is 11.5 Å². The first-order valence-corrected chi connectivity index (χ1v) is 10.3.